The summed E-state index contributed by atoms with van der Waals surface area (Å²) in [5, 5.41) is 19.5. The maximum atomic E-state index is 14.1. The standard InChI is InChI=1S/C15H14ClFN4/c1-15(2,11-4-3-5-12(16)14(11)17)9-19-13-7-6-10(8-18)20-21-13/h3-7H,9H2,1-2H3,(H,19,21). The number of hydrogen-bond acceptors (Lipinski definition) is 4. The number of hydrogen-bond donors (Lipinski definition) is 1. The van der Waals surface area contributed by atoms with E-state index in [4.69, 9.17) is 16.9 Å². The van der Waals surface area contributed by atoms with Gasteiger partial charge >= 0.3 is 0 Å². The van der Waals surface area contributed by atoms with Gasteiger partial charge in [-0.05, 0) is 23.8 Å². The van der Waals surface area contributed by atoms with Crippen LogP contribution in [0.15, 0.2) is 30.3 Å². The summed E-state index contributed by atoms with van der Waals surface area (Å²) in [4.78, 5) is 0. The van der Waals surface area contributed by atoms with Crippen LogP contribution in [0.3, 0.4) is 0 Å². The van der Waals surface area contributed by atoms with Crippen molar-refractivity contribution >= 4 is 17.4 Å². The molecule has 1 aromatic carbocycles. The summed E-state index contributed by atoms with van der Waals surface area (Å²) in [5.74, 6) is 0.126. The molecule has 21 heavy (non-hydrogen) atoms. The second kappa shape index (κ2) is 6.06. The Balaban J connectivity index is 2.13. The molecule has 0 aliphatic heterocycles. The maximum Gasteiger partial charge on any atom is 0.163 e. The van der Waals surface area contributed by atoms with Crippen LogP contribution in [0.5, 0.6) is 0 Å². The second-order valence-electron chi connectivity index (χ2n) is 5.25. The topological polar surface area (TPSA) is 61.6 Å². The van der Waals surface area contributed by atoms with Crippen molar-refractivity contribution in [3.05, 3.63) is 52.4 Å². The normalized spacial score (nSPS) is 11.0. The number of nitrogens with zero attached hydrogens (tertiary/aromatic N) is 3. The smallest absolute Gasteiger partial charge is 0.163 e. The fraction of sp³-hybridized carbons (Fsp3) is 0.267. The third kappa shape index (κ3) is 3.47. The second-order valence-corrected chi connectivity index (χ2v) is 5.66. The van der Waals surface area contributed by atoms with Crippen molar-refractivity contribution in [1.29, 1.82) is 5.26 Å². The lowest BCUT2D eigenvalue weighted by Gasteiger charge is -2.26. The van der Waals surface area contributed by atoms with Crippen LogP contribution in [-0.4, -0.2) is 16.7 Å². The summed E-state index contributed by atoms with van der Waals surface area (Å²) in [5.41, 5.74) is 0.301. The molecule has 0 aliphatic rings. The van der Waals surface area contributed by atoms with Crippen LogP contribution in [0.2, 0.25) is 5.02 Å². The predicted octanol–water partition coefficient (Wildman–Crippen LogP) is 3.53. The monoisotopic (exact) mass is 304 g/mol. The van der Waals surface area contributed by atoms with E-state index in [1.807, 2.05) is 19.9 Å². The number of nitrogens with one attached hydrogen (secondary N) is 1. The van der Waals surface area contributed by atoms with Gasteiger partial charge in [0.25, 0.3) is 0 Å². The lowest BCUT2D eigenvalue weighted by Crippen LogP contribution is -2.29. The first-order valence-electron chi connectivity index (χ1n) is 6.36. The van der Waals surface area contributed by atoms with Gasteiger partial charge in [0.1, 0.15) is 17.7 Å². The Labute approximate surface area is 127 Å². The van der Waals surface area contributed by atoms with Gasteiger partial charge in [0.05, 0.1) is 5.02 Å². The maximum absolute atomic E-state index is 14.1. The number of anilines is 1. The lowest BCUT2D eigenvalue weighted by molar-refractivity contribution is 0.504. The van der Waals surface area contributed by atoms with Crippen LogP contribution in [0.1, 0.15) is 25.1 Å². The highest BCUT2D eigenvalue weighted by Gasteiger charge is 2.25. The molecule has 108 valence electrons. The van der Waals surface area contributed by atoms with E-state index in [2.05, 4.69) is 15.5 Å². The molecule has 0 saturated heterocycles. The zero-order valence-corrected chi connectivity index (χ0v) is 12.4. The molecule has 6 heteroatoms. The molecule has 0 bridgehead atoms. The Hall–Kier alpha value is -2.19. The third-order valence-corrected chi connectivity index (χ3v) is 3.46. The summed E-state index contributed by atoms with van der Waals surface area (Å²) in [6.45, 7) is 4.27. The van der Waals surface area contributed by atoms with Gasteiger partial charge in [-0.1, -0.05) is 37.6 Å². The van der Waals surface area contributed by atoms with E-state index < -0.39 is 11.2 Å². The number of rotatable bonds is 4. The van der Waals surface area contributed by atoms with Crippen LogP contribution < -0.4 is 5.32 Å². The average molecular weight is 305 g/mol. The minimum atomic E-state index is -0.482. The molecule has 0 spiro atoms. The van der Waals surface area contributed by atoms with Crippen LogP contribution >= 0.6 is 11.6 Å². The first-order valence-corrected chi connectivity index (χ1v) is 6.74. The molecule has 0 saturated carbocycles. The fourth-order valence-electron chi connectivity index (χ4n) is 1.92. The highest BCUT2D eigenvalue weighted by molar-refractivity contribution is 6.30. The summed E-state index contributed by atoms with van der Waals surface area (Å²) >= 11 is 5.82. The first-order chi connectivity index (χ1) is 9.94. The van der Waals surface area contributed by atoms with Crippen molar-refractivity contribution in [3.8, 4) is 6.07 Å². The Morgan fingerprint density at radius 1 is 1.29 bits per heavy atom. The minimum Gasteiger partial charge on any atom is -0.368 e. The van der Waals surface area contributed by atoms with Crippen molar-refractivity contribution < 1.29 is 4.39 Å². The molecular formula is C15H14ClFN4. The van der Waals surface area contributed by atoms with E-state index in [0.29, 0.717) is 17.9 Å². The SMILES string of the molecule is CC(C)(CNc1ccc(C#N)nn1)c1cccc(Cl)c1F. The molecule has 2 rings (SSSR count). The van der Waals surface area contributed by atoms with E-state index in [-0.39, 0.29) is 10.7 Å². The predicted molar refractivity (Wildman–Crippen MR) is 79.7 cm³/mol. The van der Waals surface area contributed by atoms with Crippen molar-refractivity contribution in [3.63, 3.8) is 0 Å². The van der Waals surface area contributed by atoms with Crippen molar-refractivity contribution in [2.45, 2.75) is 19.3 Å². The molecule has 1 heterocycles. The molecule has 4 nitrogen and oxygen atoms in total. The van der Waals surface area contributed by atoms with E-state index in [0.717, 1.165) is 0 Å². The van der Waals surface area contributed by atoms with Gasteiger partial charge in [0.2, 0.25) is 0 Å². The molecule has 2 aromatic rings. The van der Waals surface area contributed by atoms with Gasteiger partial charge < -0.3 is 5.32 Å². The number of nitriles is 1. The summed E-state index contributed by atoms with van der Waals surface area (Å²) in [6, 6.07) is 10.1. The number of halogens is 2. The fourth-order valence-corrected chi connectivity index (χ4v) is 2.09. The van der Waals surface area contributed by atoms with Crippen LogP contribution in [-0.2, 0) is 5.41 Å². The van der Waals surface area contributed by atoms with Crippen LogP contribution in [0.4, 0.5) is 10.2 Å². The summed E-state index contributed by atoms with van der Waals surface area (Å²) in [7, 11) is 0. The summed E-state index contributed by atoms with van der Waals surface area (Å²) in [6.07, 6.45) is 0. The zero-order valence-electron chi connectivity index (χ0n) is 11.7. The van der Waals surface area contributed by atoms with E-state index in [1.165, 1.54) is 6.07 Å². The van der Waals surface area contributed by atoms with Gasteiger partial charge in [-0.2, -0.15) is 5.26 Å². The van der Waals surface area contributed by atoms with E-state index in [1.54, 1.807) is 24.3 Å². The molecule has 0 aliphatic carbocycles. The molecule has 0 amide bonds. The molecule has 1 aromatic heterocycles. The minimum absolute atomic E-state index is 0.110. The van der Waals surface area contributed by atoms with Crippen molar-refractivity contribution in [2.24, 2.45) is 0 Å². The average Bonchev–Trinajstić information content (AvgIpc) is 2.48. The first kappa shape index (κ1) is 15.2. The van der Waals surface area contributed by atoms with Gasteiger partial charge in [0, 0.05) is 12.0 Å². The highest BCUT2D eigenvalue weighted by Crippen LogP contribution is 2.29. The van der Waals surface area contributed by atoms with Gasteiger partial charge in [-0.25, -0.2) is 4.39 Å². The van der Waals surface area contributed by atoms with Crippen molar-refractivity contribution in [2.75, 3.05) is 11.9 Å². The van der Waals surface area contributed by atoms with Gasteiger partial charge in [-0.3, -0.25) is 0 Å². The largest absolute Gasteiger partial charge is 0.368 e. The Bertz CT molecular complexity index is 677. The Kier molecular flexibility index (Phi) is 4.39. The molecule has 0 atom stereocenters. The molecule has 0 fully saturated rings. The Morgan fingerprint density at radius 2 is 2.05 bits per heavy atom. The molecule has 0 unspecified atom stereocenters. The van der Waals surface area contributed by atoms with Gasteiger partial charge in [0.15, 0.2) is 5.69 Å². The molecule has 0 radical (unpaired) electrons. The highest BCUT2D eigenvalue weighted by atomic mass is 35.5. The third-order valence-electron chi connectivity index (χ3n) is 3.17. The summed E-state index contributed by atoms with van der Waals surface area (Å²) < 4.78 is 14.1. The Morgan fingerprint density at radius 3 is 2.67 bits per heavy atom. The molecular weight excluding hydrogens is 291 g/mol. The van der Waals surface area contributed by atoms with Gasteiger partial charge in [-0.15, -0.1) is 10.2 Å². The van der Waals surface area contributed by atoms with E-state index >= 15 is 0 Å². The number of benzene rings is 1. The van der Waals surface area contributed by atoms with Crippen LogP contribution in [0.25, 0.3) is 0 Å². The quantitative estimate of drug-likeness (QED) is 0.938. The number of aromatic nitrogens is 2. The van der Waals surface area contributed by atoms with Crippen LogP contribution in [0, 0.1) is 17.1 Å². The van der Waals surface area contributed by atoms with E-state index in [9.17, 15) is 4.39 Å². The lowest BCUT2D eigenvalue weighted by atomic mass is 9.84. The van der Waals surface area contributed by atoms with Crippen molar-refractivity contribution in [1.82, 2.24) is 10.2 Å². The molecule has 1 N–H and O–H groups in total. The zero-order chi connectivity index (χ0) is 15.5.